The van der Waals surface area contributed by atoms with E-state index in [4.69, 9.17) is 14.7 Å². The Morgan fingerprint density at radius 3 is 2.65 bits per heavy atom. The van der Waals surface area contributed by atoms with Gasteiger partial charge >= 0.3 is 6.01 Å². The Labute approximate surface area is 235 Å². The van der Waals surface area contributed by atoms with Crippen LogP contribution in [0.4, 0.5) is 11.5 Å². The van der Waals surface area contributed by atoms with Crippen LogP contribution in [-0.2, 0) is 17.8 Å². The van der Waals surface area contributed by atoms with Crippen molar-refractivity contribution in [2.45, 2.75) is 44.9 Å². The largest absolute Gasteiger partial charge is 0.508 e. The number of carbonyl (C=O) groups is 1. The van der Waals surface area contributed by atoms with E-state index in [0.717, 1.165) is 59.5 Å². The summed E-state index contributed by atoms with van der Waals surface area (Å²) in [5.41, 5.74) is 3.10. The molecule has 1 amide bonds. The molecule has 1 N–H and O–H groups in total. The third-order valence-electron chi connectivity index (χ3n) is 8.66. The van der Waals surface area contributed by atoms with E-state index < -0.39 is 0 Å². The second-order valence-corrected chi connectivity index (χ2v) is 11.1. The van der Waals surface area contributed by atoms with Gasteiger partial charge in [0, 0.05) is 61.5 Å². The molecule has 2 saturated heterocycles. The van der Waals surface area contributed by atoms with Gasteiger partial charge in [-0.2, -0.15) is 9.97 Å². The fourth-order valence-corrected chi connectivity index (χ4v) is 6.49. The number of benzene rings is 2. The summed E-state index contributed by atoms with van der Waals surface area (Å²) in [4.78, 5) is 30.9. The number of phenols is 1. The zero-order valence-corrected chi connectivity index (χ0v) is 23.4. The zero-order valence-electron chi connectivity index (χ0n) is 23.4. The summed E-state index contributed by atoms with van der Waals surface area (Å²) in [7, 11) is 2.15. The molecule has 40 heavy (non-hydrogen) atoms. The second kappa shape index (κ2) is 11.0. The maximum Gasteiger partial charge on any atom is 0.318 e. The quantitative estimate of drug-likeness (QED) is 0.473. The number of phenolic OH excluding ortho intramolecular Hbond substituents is 1. The smallest absolute Gasteiger partial charge is 0.318 e. The molecule has 2 fully saturated rings. The van der Waals surface area contributed by atoms with Crippen molar-refractivity contribution in [3.05, 3.63) is 60.3 Å². The Morgan fingerprint density at radius 1 is 1.10 bits per heavy atom. The SMILES string of the molecule is C=CC(=O)N1CCN(c2nc(O[C@@H](C)C3CCCN3C)nc3c2CCN(c2cc(O)cc4ccccc24)C3)CC1. The van der Waals surface area contributed by atoms with Gasteiger partial charge in [0.05, 0.1) is 12.2 Å². The molecular weight excluding hydrogens is 504 g/mol. The van der Waals surface area contributed by atoms with Crippen LogP contribution in [0.15, 0.2) is 49.1 Å². The highest BCUT2D eigenvalue weighted by atomic mass is 16.5. The molecule has 0 aliphatic carbocycles. The molecule has 2 atom stereocenters. The lowest BCUT2D eigenvalue weighted by molar-refractivity contribution is -0.126. The molecule has 6 rings (SSSR count). The number of hydrogen-bond donors (Lipinski definition) is 1. The minimum absolute atomic E-state index is 0.0307. The van der Waals surface area contributed by atoms with E-state index in [0.29, 0.717) is 44.8 Å². The van der Waals surface area contributed by atoms with Crippen molar-refractivity contribution in [3.63, 3.8) is 0 Å². The fraction of sp³-hybridized carbons (Fsp3) is 0.452. The Kier molecular flexibility index (Phi) is 7.23. The topological polar surface area (TPSA) is 85.3 Å². The highest BCUT2D eigenvalue weighted by molar-refractivity contribution is 5.95. The molecule has 1 aromatic heterocycles. The highest BCUT2D eigenvalue weighted by Gasteiger charge is 2.32. The Bertz CT molecular complexity index is 1420. The minimum Gasteiger partial charge on any atom is -0.508 e. The van der Waals surface area contributed by atoms with Crippen molar-refractivity contribution in [3.8, 4) is 11.8 Å². The Balaban J connectivity index is 1.33. The molecule has 2 aromatic carbocycles. The molecule has 0 spiro atoms. The van der Waals surface area contributed by atoms with Crippen molar-refractivity contribution in [2.75, 3.05) is 56.1 Å². The molecule has 210 valence electrons. The first-order valence-electron chi connectivity index (χ1n) is 14.3. The lowest BCUT2D eigenvalue weighted by Crippen LogP contribution is -2.49. The van der Waals surface area contributed by atoms with Crippen molar-refractivity contribution in [2.24, 2.45) is 0 Å². The van der Waals surface area contributed by atoms with E-state index in [1.165, 1.54) is 12.5 Å². The van der Waals surface area contributed by atoms with Gasteiger partial charge in [0.25, 0.3) is 0 Å². The summed E-state index contributed by atoms with van der Waals surface area (Å²) in [6.45, 7) is 10.9. The number of amides is 1. The number of likely N-dealkylation sites (N-methyl/N-ethyl adjacent to an activating group) is 1. The summed E-state index contributed by atoms with van der Waals surface area (Å²) in [6.07, 6.45) is 4.41. The standard InChI is InChI=1S/C31H38N6O3/c1-4-29(39)35-14-16-36(17-15-35)30-25-11-13-37(28-19-23(38)18-22-8-5-6-9-24(22)28)20-26(25)32-31(33-30)40-21(2)27-10-7-12-34(27)3/h4-6,8-9,18-19,21,27,38H,1,7,10-17,20H2,2-3H3/t21-,27?/m0/s1. The van der Waals surface area contributed by atoms with Crippen LogP contribution in [0.2, 0.25) is 0 Å². The molecule has 1 unspecified atom stereocenters. The van der Waals surface area contributed by atoms with Gasteiger partial charge in [0.1, 0.15) is 17.7 Å². The normalized spacial score (nSPS) is 20.4. The van der Waals surface area contributed by atoms with Gasteiger partial charge in [-0.3, -0.25) is 9.69 Å². The summed E-state index contributed by atoms with van der Waals surface area (Å²) >= 11 is 0. The van der Waals surface area contributed by atoms with Gasteiger partial charge in [0.15, 0.2) is 0 Å². The number of anilines is 2. The number of hydrogen-bond acceptors (Lipinski definition) is 8. The van der Waals surface area contributed by atoms with Crippen LogP contribution in [0.25, 0.3) is 10.8 Å². The third kappa shape index (κ3) is 5.06. The number of rotatable bonds is 6. The zero-order chi connectivity index (χ0) is 27.8. The van der Waals surface area contributed by atoms with E-state index in [-0.39, 0.29) is 17.8 Å². The molecule has 0 bridgehead atoms. The monoisotopic (exact) mass is 542 g/mol. The van der Waals surface area contributed by atoms with Crippen LogP contribution in [0.3, 0.4) is 0 Å². The number of carbonyl (C=O) groups excluding carboxylic acids is 1. The average molecular weight is 543 g/mol. The van der Waals surface area contributed by atoms with Crippen LogP contribution in [0, 0.1) is 0 Å². The first-order chi connectivity index (χ1) is 19.4. The van der Waals surface area contributed by atoms with E-state index in [9.17, 15) is 9.90 Å². The summed E-state index contributed by atoms with van der Waals surface area (Å²) in [6, 6.07) is 12.6. The minimum atomic E-state index is -0.0323. The van der Waals surface area contributed by atoms with E-state index in [2.05, 4.69) is 41.3 Å². The summed E-state index contributed by atoms with van der Waals surface area (Å²) in [5.74, 6) is 1.14. The number of fused-ring (bicyclic) bond motifs is 2. The number of ether oxygens (including phenoxy) is 1. The first kappa shape index (κ1) is 26.4. The number of piperazine rings is 1. The van der Waals surface area contributed by atoms with Gasteiger partial charge in [-0.1, -0.05) is 30.8 Å². The van der Waals surface area contributed by atoms with Crippen LogP contribution >= 0.6 is 0 Å². The maximum absolute atomic E-state index is 12.2. The molecule has 0 radical (unpaired) electrons. The average Bonchev–Trinajstić information content (AvgIpc) is 3.41. The molecule has 9 heteroatoms. The Hall–Kier alpha value is -3.85. The van der Waals surface area contributed by atoms with Crippen molar-refractivity contribution < 1.29 is 14.6 Å². The van der Waals surface area contributed by atoms with Crippen molar-refractivity contribution in [1.82, 2.24) is 19.8 Å². The lowest BCUT2D eigenvalue weighted by Gasteiger charge is -2.38. The molecule has 4 heterocycles. The number of likely N-dealkylation sites (tertiary alicyclic amines) is 1. The number of aromatic nitrogens is 2. The lowest BCUT2D eigenvalue weighted by atomic mass is 10.0. The van der Waals surface area contributed by atoms with Gasteiger partial charge in [0.2, 0.25) is 5.91 Å². The van der Waals surface area contributed by atoms with Crippen LogP contribution in [0.5, 0.6) is 11.8 Å². The van der Waals surface area contributed by atoms with Crippen LogP contribution in [0.1, 0.15) is 31.0 Å². The van der Waals surface area contributed by atoms with Gasteiger partial charge < -0.3 is 24.5 Å². The van der Waals surface area contributed by atoms with Crippen molar-refractivity contribution in [1.29, 1.82) is 0 Å². The fourth-order valence-electron chi connectivity index (χ4n) is 6.49. The molecule has 9 nitrogen and oxygen atoms in total. The van der Waals surface area contributed by atoms with Crippen LogP contribution < -0.4 is 14.5 Å². The predicted octanol–water partition coefficient (Wildman–Crippen LogP) is 3.59. The first-order valence-corrected chi connectivity index (χ1v) is 14.3. The number of aromatic hydroxyl groups is 1. The molecule has 0 saturated carbocycles. The third-order valence-corrected chi connectivity index (χ3v) is 8.66. The van der Waals surface area contributed by atoms with Gasteiger partial charge in [-0.05, 0) is 57.3 Å². The van der Waals surface area contributed by atoms with Gasteiger partial charge in [-0.15, -0.1) is 0 Å². The van der Waals surface area contributed by atoms with E-state index in [1.54, 1.807) is 6.07 Å². The number of nitrogens with zero attached hydrogens (tertiary/aromatic N) is 6. The second-order valence-electron chi connectivity index (χ2n) is 11.1. The molecule has 3 aromatic rings. The van der Waals surface area contributed by atoms with E-state index in [1.807, 2.05) is 29.2 Å². The van der Waals surface area contributed by atoms with E-state index >= 15 is 0 Å². The summed E-state index contributed by atoms with van der Waals surface area (Å²) in [5, 5.41) is 12.6. The Morgan fingerprint density at radius 2 is 1.90 bits per heavy atom. The molecule has 3 aliphatic rings. The van der Waals surface area contributed by atoms with Crippen molar-refractivity contribution >= 4 is 28.2 Å². The van der Waals surface area contributed by atoms with Gasteiger partial charge in [-0.25, -0.2) is 0 Å². The highest BCUT2D eigenvalue weighted by Crippen LogP contribution is 2.36. The molecular formula is C31H38N6O3. The summed E-state index contributed by atoms with van der Waals surface area (Å²) < 4.78 is 6.45. The molecule has 3 aliphatic heterocycles. The predicted molar refractivity (Wildman–Crippen MR) is 157 cm³/mol. The van der Waals surface area contributed by atoms with Crippen LogP contribution in [-0.4, -0.2) is 89.2 Å². The maximum atomic E-state index is 12.2.